The van der Waals surface area contributed by atoms with E-state index in [0.717, 1.165) is 18.6 Å². The van der Waals surface area contributed by atoms with E-state index in [4.69, 9.17) is 9.15 Å². The lowest BCUT2D eigenvalue weighted by atomic mass is 10.2. The normalized spacial score (nSPS) is 30.0. The molecule has 2 fully saturated rings. The van der Waals surface area contributed by atoms with Crippen molar-refractivity contribution in [3.8, 4) is 0 Å². The highest BCUT2D eigenvalue weighted by Gasteiger charge is 2.42. The van der Waals surface area contributed by atoms with Crippen LogP contribution in [0.25, 0.3) is 0 Å². The van der Waals surface area contributed by atoms with Crippen LogP contribution in [0, 0.1) is 0 Å². The fourth-order valence-corrected chi connectivity index (χ4v) is 4.74. The van der Waals surface area contributed by atoms with Gasteiger partial charge in [-0.1, -0.05) is 0 Å². The lowest BCUT2D eigenvalue weighted by molar-refractivity contribution is 0.197. The van der Waals surface area contributed by atoms with Gasteiger partial charge < -0.3 is 9.15 Å². The molecule has 1 aromatic heterocycles. The summed E-state index contributed by atoms with van der Waals surface area (Å²) in [4.78, 5) is 0. The van der Waals surface area contributed by atoms with Gasteiger partial charge in [0.25, 0.3) is 0 Å². The molecule has 18 heavy (non-hydrogen) atoms. The van der Waals surface area contributed by atoms with Gasteiger partial charge in [-0.25, -0.2) is 8.42 Å². The fourth-order valence-electron chi connectivity index (χ4n) is 2.75. The summed E-state index contributed by atoms with van der Waals surface area (Å²) in [7, 11) is -3.27. The minimum Gasteiger partial charge on any atom is -0.468 e. The second-order valence-electron chi connectivity index (χ2n) is 4.81. The summed E-state index contributed by atoms with van der Waals surface area (Å²) in [5.41, 5.74) is 0. The first kappa shape index (κ1) is 12.2. The van der Waals surface area contributed by atoms with Crippen LogP contribution in [0.5, 0.6) is 0 Å². The highest BCUT2D eigenvalue weighted by Crippen LogP contribution is 2.36. The highest BCUT2D eigenvalue weighted by molar-refractivity contribution is 7.89. The predicted octanol–water partition coefficient (Wildman–Crippen LogP) is 1.54. The van der Waals surface area contributed by atoms with E-state index in [0.29, 0.717) is 26.2 Å². The molecule has 6 heteroatoms. The van der Waals surface area contributed by atoms with Gasteiger partial charge in [-0.15, -0.1) is 0 Å². The summed E-state index contributed by atoms with van der Waals surface area (Å²) >= 11 is 0. The van der Waals surface area contributed by atoms with Crippen molar-refractivity contribution < 1.29 is 17.6 Å². The van der Waals surface area contributed by atoms with E-state index < -0.39 is 10.0 Å². The summed E-state index contributed by atoms with van der Waals surface area (Å²) in [6.07, 6.45) is 3.92. The zero-order valence-electron chi connectivity index (χ0n) is 10.1. The van der Waals surface area contributed by atoms with Crippen molar-refractivity contribution in [2.75, 3.05) is 19.8 Å². The van der Waals surface area contributed by atoms with Crippen LogP contribution in [0.2, 0.25) is 0 Å². The Labute approximate surface area is 107 Å². The van der Waals surface area contributed by atoms with Gasteiger partial charge in [0.2, 0.25) is 10.0 Å². The molecule has 0 saturated carbocycles. The third kappa shape index (κ3) is 1.98. The summed E-state index contributed by atoms with van der Waals surface area (Å²) in [6.45, 7) is 1.46. The van der Waals surface area contributed by atoms with E-state index in [1.165, 1.54) is 0 Å². The maximum absolute atomic E-state index is 12.5. The molecule has 3 heterocycles. The Hall–Kier alpha value is -0.850. The van der Waals surface area contributed by atoms with Gasteiger partial charge >= 0.3 is 0 Å². The van der Waals surface area contributed by atoms with Crippen LogP contribution in [0.3, 0.4) is 0 Å². The predicted molar refractivity (Wildman–Crippen MR) is 65.5 cm³/mol. The molecule has 1 aromatic rings. The van der Waals surface area contributed by atoms with Crippen molar-refractivity contribution in [2.45, 2.75) is 30.6 Å². The van der Waals surface area contributed by atoms with Crippen molar-refractivity contribution in [3.63, 3.8) is 0 Å². The largest absolute Gasteiger partial charge is 0.468 e. The van der Waals surface area contributed by atoms with Crippen molar-refractivity contribution in [1.29, 1.82) is 0 Å². The summed E-state index contributed by atoms with van der Waals surface area (Å²) in [5.74, 6) is 0.745. The van der Waals surface area contributed by atoms with E-state index in [1.807, 2.05) is 6.07 Å². The van der Waals surface area contributed by atoms with Gasteiger partial charge in [0.1, 0.15) is 11.0 Å². The first-order valence-electron chi connectivity index (χ1n) is 6.31. The molecule has 0 bridgehead atoms. The lowest BCUT2D eigenvalue weighted by Gasteiger charge is -2.25. The molecule has 0 aromatic carbocycles. The summed E-state index contributed by atoms with van der Waals surface area (Å²) in [5, 5.41) is -0.381. The van der Waals surface area contributed by atoms with E-state index >= 15 is 0 Å². The van der Waals surface area contributed by atoms with Gasteiger partial charge in [-0.2, -0.15) is 4.31 Å². The molecule has 2 aliphatic heterocycles. The monoisotopic (exact) mass is 271 g/mol. The van der Waals surface area contributed by atoms with E-state index in [2.05, 4.69) is 0 Å². The smallest absolute Gasteiger partial charge is 0.220 e. The topological polar surface area (TPSA) is 59.8 Å². The SMILES string of the molecule is O=S(=O)([C@H]1CCOC1)N1CCC[C@H]1c1ccco1. The van der Waals surface area contributed by atoms with Crippen LogP contribution in [0.4, 0.5) is 0 Å². The van der Waals surface area contributed by atoms with Crippen molar-refractivity contribution in [2.24, 2.45) is 0 Å². The molecule has 0 unspecified atom stereocenters. The summed E-state index contributed by atoms with van der Waals surface area (Å²) < 4.78 is 37.3. The Kier molecular flexibility index (Phi) is 3.17. The number of sulfonamides is 1. The Bertz CT molecular complexity index is 490. The van der Waals surface area contributed by atoms with Gasteiger partial charge in [0.15, 0.2) is 0 Å². The highest BCUT2D eigenvalue weighted by atomic mass is 32.2. The summed E-state index contributed by atoms with van der Waals surface area (Å²) in [6, 6.07) is 3.52. The van der Waals surface area contributed by atoms with Gasteiger partial charge in [0, 0.05) is 13.2 Å². The third-order valence-corrected chi connectivity index (χ3v) is 6.02. The Morgan fingerprint density at radius 2 is 2.22 bits per heavy atom. The zero-order valence-corrected chi connectivity index (χ0v) is 10.9. The quantitative estimate of drug-likeness (QED) is 0.836. The van der Waals surface area contributed by atoms with E-state index in [9.17, 15) is 8.42 Å². The number of hydrogen-bond donors (Lipinski definition) is 0. The van der Waals surface area contributed by atoms with Crippen molar-refractivity contribution in [3.05, 3.63) is 24.2 Å². The molecule has 3 rings (SSSR count). The minimum atomic E-state index is -3.27. The zero-order chi connectivity index (χ0) is 12.6. The van der Waals surface area contributed by atoms with Crippen molar-refractivity contribution in [1.82, 2.24) is 4.31 Å². The molecule has 0 amide bonds. The molecular formula is C12H17NO4S. The average Bonchev–Trinajstić information content (AvgIpc) is 3.11. The second kappa shape index (κ2) is 4.68. The van der Waals surface area contributed by atoms with Crippen LogP contribution in [-0.4, -0.2) is 37.7 Å². The molecular weight excluding hydrogens is 254 g/mol. The Balaban J connectivity index is 1.86. The molecule has 0 radical (unpaired) electrons. The molecule has 5 nitrogen and oxygen atoms in total. The standard InChI is InChI=1S/C12H17NO4S/c14-18(15,10-5-8-16-9-10)13-6-1-3-11(13)12-4-2-7-17-12/h2,4,7,10-11H,1,3,5-6,8-9H2/t10-,11-/m0/s1. The fraction of sp³-hybridized carbons (Fsp3) is 0.667. The Morgan fingerprint density at radius 1 is 1.33 bits per heavy atom. The first-order chi connectivity index (χ1) is 8.69. The second-order valence-corrected chi connectivity index (χ2v) is 6.98. The lowest BCUT2D eigenvalue weighted by Crippen LogP contribution is -2.38. The first-order valence-corrected chi connectivity index (χ1v) is 7.82. The van der Waals surface area contributed by atoms with Crippen LogP contribution in [0.1, 0.15) is 31.1 Å². The molecule has 100 valence electrons. The van der Waals surface area contributed by atoms with E-state index in [-0.39, 0.29) is 11.3 Å². The molecule has 0 N–H and O–H groups in total. The van der Waals surface area contributed by atoms with Crippen LogP contribution >= 0.6 is 0 Å². The maximum Gasteiger partial charge on any atom is 0.220 e. The number of nitrogens with zero attached hydrogens (tertiary/aromatic N) is 1. The maximum atomic E-state index is 12.5. The third-order valence-electron chi connectivity index (χ3n) is 3.71. The van der Waals surface area contributed by atoms with Crippen LogP contribution < -0.4 is 0 Å². The average molecular weight is 271 g/mol. The minimum absolute atomic E-state index is 0.134. The molecule has 2 atom stereocenters. The Morgan fingerprint density at radius 3 is 2.89 bits per heavy atom. The number of hydrogen-bond acceptors (Lipinski definition) is 4. The molecule has 0 aliphatic carbocycles. The molecule has 2 aliphatic rings. The van der Waals surface area contributed by atoms with Gasteiger partial charge in [-0.3, -0.25) is 0 Å². The van der Waals surface area contributed by atoms with Gasteiger partial charge in [-0.05, 0) is 31.4 Å². The van der Waals surface area contributed by atoms with Crippen LogP contribution in [-0.2, 0) is 14.8 Å². The number of rotatable bonds is 3. The number of ether oxygens (including phenoxy) is 1. The molecule has 2 saturated heterocycles. The van der Waals surface area contributed by atoms with Gasteiger partial charge in [0.05, 0.1) is 18.9 Å². The number of furan rings is 1. The van der Waals surface area contributed by atoms with Crippen LogP contribution in [0.15, 0.2) is 22.8 Å². The molecule has 0 spiro atoms. The van der Waals surface area contributed by atoms with E-state index in [1.54, 1.807) is 16.6 Å². The van der Waals surface area contributed by atoms with Crippen molar-refractivity contribution >= 4 is 10.0 Å².